The lowest BCUT2D eigenvalue weighted by Crippen LogP contribution is -2.37. The first-order valence-electron chi connectivity index (χ1n) is 6.91. The first-order chi connectivity index (χ1) is 11.1. The fraction of sp³-hybridized carbons (Fsp3) is 0.462. The smallest absolute Gasteiger partial charge is 0.245 e. The molecule has 9 nitrogen and oxygen atoms in total. The lowest BCUT2D eigenvalue weighted by molar-refractivity contribution is 0.322. The van der Waals surface area contributed by atoms with Gasteiger partial charge in [0.05, 0.1) is 24.7 Å². The van der Waals surface area contributed by atoms with E-state index in [1.807, 2.05) is 0 Å². The van der Waals surface area contributed by atoms with Crippen LogP contribution >= 0.6 is 24.0 Å². The van der Waals surface area contributed by atoms with Crippen LogP contribution in [0.1, 0.15) is 0 Å². The number of sulfonamides is 2. The summed E-state index contributed by atoms with van der Waals surface area (Å²) in [6, 6.07) is 5.76. The number of nitrogens with zero attached hydrogens (tertiary/aromatic N) is 2. The van der Waals surface area contributed by atoms with Crippen molar-refractivity contribution in [3.63, 3.8) is 0 Å². The highest BCUT2D eigenvalue weighted by molar-refractivity contribution is 14.0. The summed E-state index contributed by atoms with van der Waals surface area (Å²) in [5, 5.41) is 5.87. The summed E-state index contributed by atoms with van der Waals surface area (Å²) in [5.41, 5.74) is 0.0288. The zero-order valence-corrected chi connectivity index (χ0v) is 18.3. The third-order valence-electron chi connectivity index (χ3n) is 2.77. The largest absolute Gasteiger partial charge is 0.492 e. The minimum Gasteiger partial charge on any atom is -0.492 e. The molecule has 2 N–H and O–H groups in total. The van der Waals surface area contributed by atoms with Gasteiger partial charge in [0.25, 0.3) is 0 Å². The fourth-order valence-corrected chi connectivity index (χ4v) is 4.89. The molecule has 1 rings (SSSR count). The molecular formula is C13H23IN4O5S2. The van der Waals surface area contributed by atoms with Crippen LogP contribution in [-0.4, -0.2) is 62.6 Å². The Bertz CT molecular complexity index is 747. The average molecular weight is 506 g/mol. The van der Waals surface area contributed by atoms with Crippen LogP contribution in [0.3, 0.4) is 0 Å². The number of anilines is 1. The van der Waals surface area contributed by atoms with Crippen LogP contribution in [0.4, 0.5) is 5.69 Å². The number of aliphatic imine (C=N–C) groups is 1. The van der Waals surface area contributed by atoms with E-state index in [0.717, 1.165) is 12.5 Å². The Labute approximate surface area is 166 Å². The summed E-state index contributed by atoms with van der Waals surface area (Å²) >= 11 is 0. The van der Waals surface area contributed by atoms with E-state index in [-0.39, 0.29) is 29.7 Å². The molecule has 144 valence electrons. The molecular weight excluding hydrogens is 483 g/mol. The van der Waals surface area contributed by atoms with E-state index in [4.69, 9.17) is 4.74 Å². The van der Waals surface area contributed by atoms with Gasteiger partial charge in [0.1, 0.15) is 12.4 Å². The first-order valence-corrected chi connectivity index (χ1v) is 10.6. The van der Waals surface area contributed by atoms with Gasteiger partial charge < -0.3 is 15.4 Å². The monoisotopic (exact) mass is 506 g/mol. The quantitative estimate of drug-likeness (QED) is 0.235. The summed E-state index contributed by atoms with van der Waals surface area (Å²) in [5.74, 6) is 1.12. The van der Waals surface area contributed by atoms with Crippen LogP contribution in [0.25, 0.3) is 0 Å². The molecule has 0 saturated carbocycles. The molecule has 0 radical (unpaired) electrons. The molecule has 25 heavy (non-hydrogen) atoms. The van der Waals surface area contributed by atoms with E-state index in [9.17, 15) is 16.8 Å². The maximum Gasteiger partial charge on any atom is 0.245 e. The third-order valence-corrected chi connectivity index (χ3v) is 6.02. The standard InChI is InChI=1S/C13H22N4O5S2.HI/c1-14-13(15-2)16-9-10-22-12-7-5-11(6-8-12)17(23(3,18)19)24(4,20)21;/h5-8H,9-10H2,1-4H3,(H2,14,15,16);1H. The van der Waals surface area contributed by atoms with Crippen molar-refractivity contribution in [2.24, 2.45) is 4.99 Å². The predicted molar refractivity (Wildman–Crippen MR) is 110 cm³/mol. The zero-order chi connectivity index (χ0) is 18.4. The van der Waals surface area contributed by atoms with Crippen molar-refractivity contribution in [3.05, 3.63) is 24.3 Å². The zero-order valence-electron chi connectivity index (χ0n) is 14.4. The number of hydrogen-bond acceptors (Lipinski definition) is 6. The molecule has 1 aromatic rings. The van der Waals surface area contributed by atoms with Crippen molar-refractivity contribution < 1.29 is 21.6 Å². The summed E-state index contributed by atoms with van der Waals surface area (Å²) in [6.07, 6.45) is 1.66. The van der Waals surface area contributed by atoms with Gasteiger partial charge in [0.2, 0.25) is 20.0 Å². The van der Waals surface area contributed by atoms with E-state index in [0.29, 0.717) is 28.6 Å². The van der Waals surface area contributed by atoms with Crippen molar-refractivity contribution in [3.8, 4) is 5.75 Å². The van der Waals surface area contributed by atoms with Crippen molar-refractivity contribution in [2.75, 3.05) is 43.5 Å². The normalized spacial score (nSPS) is 12.1. The number of benzene rings is 1. The van der Waals surface area contributed by atoms with Gasteiger partial charge in [-0.25, -0.2) is 16.8 Å². The number of guanidine groups is 1. The summed E-state index contributed by atoms with van der Waals surface area (Å²) < 4.78 is 52.6. The van der Waals surface area contributed by atoms with Crippen molar-refractivity contribution in [1.82, 2.24) is 10.6 Å². The van der Waals surface area contributed by atoms with Gasteiger partial charge in [-0.05, 0) is 24.3 Å². The van der Waals surface area contributed by atoms with E-state index in [2.05, 4.69) is 15.6 Å². The Hall–Kier alpha value is -1.28. The molecule has 12 heteroatoms. The third kappa shape index (κ3) is 7.64. The average Bonchev–Trinajstić information content (AvgIpc) is 2.46. The molecule has 0 aromatic heterocycles. The van der Waals surface area contributed by atoms with Crippen molar-refractivity contribution >= 4 is 55.7 Å². The minimum atomic E-state index is -3.95. The molecule has 1 aromatic carbocycles. The number of ether oxygens (including phenoxy) is 1. The fourth-order valence-electron chi connectivity index (χ4n) is 1.91. The Morgan fingerprint density at radius 2 is 1.64 bits per heavy atom. The molecule has 0 spiro atoms. The van der Waals surface area contributed by atoms with Gasteiger partial charge >= 0.3 is 0 Å². The van der Waals surface area contributed by atoms with Crippen molar-refractivity contribution in [1.29, 1.82) is 0 Å². The SMILES string of the molecule is CN=C(NC)NCCOc1ccc(N(S(C)(=O)=O)S(C)(=O)=O)cc1.I. The number of rotatable bonds is 7. The van der Waals surface area contributed by atoms with Crippen LogP contribution in [0.5, 0.6) is 5.75 Å². The Kier molecular flexibility index (Phi) is 9.50. The molecule has 0 unspecified atom stereocenters. The Morgan fingerprint density at radius 1 is 1.12 bits per heavy atom. The van der Waals surface area contributed by atoms with Crippen LogP contribution in [0.15, 0.2) is 29.3 Å². The van der Waals surface area contributed by atoms with Gasteiger partial charge in [-0.15, -0.1) is 24.0 Å². The predicted octanol–water partition coefficient (Wildman–Crippen LogP) is 0.204. The Balaban J connectivity index is 0.00000576. The highest BCUT2D eigenvalue weighted by Gasteiger charge is 2.27. The maximum atomic E-state index is 11.7. The number of halogens is 1. The summed E-state index contributed by atoms with van der Waals surface area (Å²) in [4.78, 5) is 3.95. The van der Waals surface area contributed by atoms with Crippen LogP contribution < -0.4 is 19.1 Å². The Morgan fingerprint density at radius 3 is 2.04 bits per heavy atom. The van der Waals surface area contributed by atoms with Gasteiger partial charge in [0, 0.05) is 14.1 Å². The second-order valence-electron chi connectivity index (χ2n) is 4.81. The number of hydrogen-bond donors (Lipinski definition) is 2. The summed E-state index contributed by atoms with van der Waals surface area (Å²) in [7, 11) is -4.51. The molecule has 0 saturated heterocycles. The van der Waals surface area contributed by atoms with E-state index >= 15 is 0 Å². The van der Waals surface area contributed by atoms with Crippen LogP contribution in [-0.2, 0) is 20.0 Å². The lowest BCUT2D eigenvalue weighted by Gasteiger charge is -2.19. The van der Waals surface area contributed by atoms with Gasteiger partial charge in [-0.2, -0.15) is 3.71 Å². The highest BCUT2D eigenvalue weighted by Crippen LogP contribution is 2.23. The molecule has 0 aliphatic rings. The van der Waals surface area contributed by atoms with Crippen LogP contribution in [0.2, 0.25) is 0 Å². The first kappa shape index (κ1) is 23.7. The maximum absolute atomic E-state index is 11.7. The van der Waals surface area contributed by atoms with Gasteiger partial charge in [-0.3, -0.25) is 4.99 Å². The van der Waals surface area contributed by atoms with E-state index < -0.39 is 20.0 Å². The van der Waals surface area contributed by atoms with Gasteiger partial charge in [0.15, 0.2) is 5.96 Å². The molecule has 0 atom stereocenters. The molecule has 0 bridgehead atoms. The van der Waals surface area contributed by atoms with Crippen molar-refractivity contribution in [2.45, 2.75) is 0 Å². The second kappa shape index (κ2) is 10.0. The summed E-state index contributed by atoms with van der Waals surface area (Å²) in [6.45, 7) is 0.857. The number of nitrogens with one attached hydrogen (secondary N) is 2. The molecule has 0 aliphatic carbocycles. The molecule has 0 heterocycles. The van der Waals surface area contributed by atoms with E-state index in [1.54, 1.807) is 14.1 Å². The molecule has 0 amide bonds. The molecule has 0 aliphatic heterocycles. The lowest BCUT2D eigenvalue weighted by atomic mass is 10.3. The second-order valence-corrected chi connectivity index (χ2v) is 8.71. The minimum absolute atomic E-state index is 0. The highest BCUT2D eigenvalue weighted by atomic mass is 127. The topological polar surface area (TPSA) is 117 Å². The van der Waals surface area contributed by atoms with Crippen LogP contribution in [0, 0.1) is 0 Å². The molecule has 0 fully saturated rings. The van der Waals surface area contributed by atoms with E-state index in [1.165, 1.54) is 24.3 Å². The van der Waals surface area contributed by atoms with Gasteiger partial charge in [-0.1, -0.05) is 0 Å².